The number of methoxy groups -OCH3 is 1. The molecule has 5 heteroatoms. The number of para-hydroxylation sites is 2. The van der Waals surface area contributed by atoms with Crippen molar-refractivity contribution in [2.24, 2.45) is 0 Å². The van der Waals surface area contributed by atoms with Crippen LogP contribution in [0.1, 0.15) is 5.56 Å². The Bertz CT molecular complexity index is 663. The minimum absolute atomic E-state index is 0.466. The van der Waals surface area contributed by atoms with E-state index in [4.69, 9.17) is 4.74 Å². The first-order valence-electron chi connectivity index (χ1n) is 6.18. The van der Waals surface area contributed by atoms with E-state index in [9.17, 15) is 13.6 Å². The maximum absolute atomic E-state index is 13.4. The van der Waals surface area contributed by atoms with Gasteiger partial charge in [0.2, 0.25) is 5.91 Å². The summed E-state index contributed by atoms with van der Waals surface area (Å²) < 4.78 is 31.9. The van der Waals surface area contributed by atoms with Crippen LogP contribution in [0.4, 0.5) is 14.5 Å². The molecule has 0 aromatic heterocycles. The van der Waals surface area contributed by atoms with Gasteiger partial charge in [0.25, 0.3) is 0 Å². The van der Waals surface area contributed by atoms with E-state index >= 15 is 0 Å². The van der Waals surface area contributed by atoms with Crippen LogP contribution < -0.4 is 10.1 Å². The molecular weight excluding hydrogens is 276 g/mol. The Hall–Kier alpha value is -2.69. The van der Waals surface area contributed by atoms with Gasteiger partial charge >= 0.3 is 0 Å². The lowest BCUT2D eigenvalue weighted by atomic mass is 10.2. The Morgan fingerprint density at radius 3 is 2.43 bits per heavy atom. The van der Waals surface area contributed by atoms with Crippen molar-refractivity contribution in [3.63, 3.8) is 0 Å². The molecular formula is C16H13F2NO2. The minimum atomic E-state index is -0.825. The summed E-state index contributed by atoms with van der Waals surface area (Å²) in [6.45, 7) is 0. The van der Waals surface area contributed by atoms with Crippen LogP contribution in [0.15, 0.2) is 48.5 Å². The second-order valence-electron chi connectivity index (χ2n) is 4.16. The molecule has 0 unspecified atom stereocenters. The summed E-state index contributed by atoms with van der Waals surface area (Å²) in [4.78, 5) is 11.7. The number of ether oxygens (including phenoxy) is 1. The van der Waals surface area contributed by atoms with Crippen molar-refractivity contribution in [1.29, 1.82) is 0 Å². The predicted molar refractivity (Wildman–Crippen MR) is 77.0 cm³/mol. The van der Waals surface area contributed by atoms with Gasteiger partial charge in [-0.3, -0.25) is 4.79 Å². The third-order valence-electron chi connectivity index (χ3n) is 2.76. The van der Waals surface area contributed by atoms with Crippen molar-refractivity contribution in [3.05, 3.63) is 65.7 Å². The molecule has 0 saturated heterocycles. The van der Waals surface area contributed by atoms with Gasteiger partial charge in [0, 0.05) is 11.6 Å². The predicted octanol–water partition coefficient (Wildman–Crippen LogP) is 3.63. The standard InChI is InChI=1S/C16H13F2NO2/c1-21-14-8-3-2-5-11(14)9-10-15(20)19-16-12(17)6-4-7-13(16)18/h2-10H,1H3,(H,19,20). The maximum atomic E-state index is 13.4. The quantitative estimate of drug-likeness (QED) is 0.873. The molecule has 0 aliphatic carbocycles. The minimum Gasteiger partial charge on any atom is -0.496 e. The normalized spacial score (nSPS) is 10.6. The summed E-state index contributed by atoms with van der Waals surface area (Å²) in [5.74, 6) is -1.69. The first kappa shape index (κ1) is 14.7. The number of halogens is 2. The van der Waals surface area contributed by atoms with E-state index in [0.717, 1.165) is 12.1 Å². The molecule has 0 aliphatic rings. The van der Waals surface area contributed by atoms with E-state index in [1.807, 2.05) is 0 Å². The number of carbonyl (C=O) groups excluding carboxylic acids is 1. The number of anilines is 1. The van der Waals surface area contributed by atoms with E-state index in [0.29, 0.717) is 11.3 Å². The molecule has 0 aliphatic heterocycles. The topological polar surface area (TPSA) is 38.3 Å². The molecule has 108 valence electrons. The largest absolute Gasteiger partial charge is 0.496 e. The molecule has 2 aromatic rings. The van der Waals surface area contributed by atoms with Gasteiger partial charge in [0.15, 0.2) is 0 Å². The van der Waals surface area contributed by atoms with E-state index in [-0.39, 0.29) is 0 Å². The van der Waals surface area contributed by atoms with Gasteiger partial charge in [0.05, 0.1) is 7.11 Å². The number of nitrogens with one attached hydrogen (secondary N) is 1. The molecule has 0 bridgehead atoms. The molecule has 1 N–H and O–H groups in total. The molecule has 21 heavy (non-hydrogen) atoms. The lowest BCUT2D eigenvalue weighted by molar-refractivity contribution is -0.111. The highest BCUT2D eigenvalue weighted by atomic mass is 19.1. The molecule has 3 nitrogen and oxygen atoms in total. The highest BCUT2D eigenvalue weighted by molar-refractivity contribution is 6.02. The third-order valence-corrected chi connectivity index (χ3v) is 2.76. The number of carbonyl (C=O) groups is 1. The Labute approximate surface area is 120 Å². The van der Waals surface area contributed by atoms with E-state index < -0.39 is 23.2 Å². The van der Waals surface area contributed by atoms with E-state index in [1.54, 1.807) is 24.3 Å². The van der Waals surface area contributed by atoms with E-state index in [1.165, 1.54) is 25.3 Å². The van der Waals surface area contributed by atoms with Crippen LogP contribution in [0.2, 0.25) is 0 Å². The van der Waals surface area contributed by atoms with Gasteiger partial charge in [-0.2, -0.15) is 0 Å². The highest BCUT2D eigenvalue weighted by Gasteiger charge is 2.10. The molecule has 0 radical (unpaired) electrons. The SMILES string of the molecule is COc1ccccc1C=CC(=O)Nc1c(F)cccc1F. The molecule has 0 heterocycles. The van der Waals surface area contributed by atoms with Crippen LogP contribution in [0.25, 0.3) is 6.08 Å². The van der Waals surface area contributed by atoms with Crippen LogP contribution in [0.5, 0.6) is 5.75 Å². The maximum Gasteiger partial charge on any atom is 0.248 e. The Morgan fingerprint density at radius 1 is 1.10 bits per heavy atom. The Morgan fingerprint density at radius 2 is 1.76 bits per heavy atom. The summed E-state index contributed by atoms with van der Waals surface area (Å²) in [5.41, 5.74) is 0.219. The average molecular weight is 289 g/mol. The molecule has 2 rings (SSSR count). The molecule has 2 aromatic carbocycles. The second kappa shape index (κ2) is 6.65. The van der Waals surface area contributed by atoms with E-state index in [2.05, 4.69) is 5.32 Å². The third kappa shape index (κ3) is 3.66. The van der Waals surface area contributed by atoms with Crippen LogP contribution in [0, 0.1) is 11.6 Å². The summed E-state index contributed by atoms with van der Waals surface area (Å²) in [7, 11) is 1.52. The first-order chi connectivity index (χ1) is 10.1. The lowest BCUT2D eigenvalue weighted by Crippen LogP contribution is -2.10. The molecule has 0 spiro atoms. The molecule has 0 atom stereocenters. The summed E-state index contributed by atoms with van der Waals surface area (Å²) in [6.07, 6.45) is 2.69. The van der Waals surface area contributed by atoms with Gasteiger partial charge in [-0.05, 0) is 24.3 Å². The van der Waals surface area contributed by atoms with Crippen molar-refractivity contribution in [1.82, 2.24) is 0 Å². The van der Waals surface area contributed by atoms with Gasteiger partial charge in [0.1, 0.15) is 23.1 Å². The lowest BCUT2D eigenvalue weighted by Gasteiger charge is -2.05. The Kier molecular flexibility index (Phi) is 4.66. The van der Waals surface area contributed by atoms with Crippen LogP contribution in [-0.4, -0.2) is 13.0 Å². The number of hydrogen-bond acceptors (Lipinski definition) is 2. The summed E-state index contributed by atoms with van der Waals surface area (Å²) >= 11 is 0. The van der Waals surface area contributed by atoms with Crippen molar-refractivity contribution in [2.45, 2.75) is 0 Å². The van der Waals surface area contributed by atoms with Crippen molar-refractivity contribution in [3.8, 4) is 5.75 Å². The molecule has 0 saturated carbocycles. The van der Waals surface area contributed by atoms with Gasteiger partial charge in [-0.1, -0.05) is 24.3 Å². The van der Waals surface area contributed by atoms with Crippen molar-refractivity contribution in [2.75, 3.05) is 12.4 Å². The van der Waals surface area contributed by atoms with Gasteiger partial charge in [-0.25, -0.2) is 8.78 Å². The monoisotopic (exact) mass is 289 g/mol. The van der Waals surface area contributed by atoms with Gasteiger partial charge in [-0.15, -0.1) is 0 Å². The number of hydrogen-bond donors (Lipinski definition) is 1. The molecule has 0 fully saturated rings. The molecule has 1 amide bonds. The van der Waals surface area contributed by atoms with Crippen LogP contribution >= 0.6 is 0 Å². The van der Waals surface area contributed by atoms with Crippen molar-refractivity contribution >= 4 is 17.7 Å². The fourth-order valence-corrected chi connectivity index (χ4v) is 1.75. The summed E-state index contributed by atoms with van der Waals surface area (Å²) in [5, 5.41) is 2.17. The first-order valence-corrected chi connectivity index (χ1v) is 6.18. The zero-order valence-electron chi connectivity index (χ0n) is 11.3. The second-order valence-corrected chi connectivity index (χ2v) is 4.16. The van der Waals surface area contributed by atoms with Gasteiger partial charge < -0.3 is 10.1 Å². The number of benzene rings is 2. The highest BCUT2D eigenvalue weighted by Crippen LogP contribution is 2.20. The fourth-order valence-electron chi connectivity index (χ4n) is 1.75. The smallest absolute Gasteiger partial charge is 0.248 e. The zero-order chi connectivity index (χ0) is 15.2. The average Bonchev–Trinajstić information content (AvgIpc) is 2.49. The number of rotatable bonds is 4. The fraction of sp³-hybridized carbons (Fsp3) is 0.0625. The summed E-state index contributed by atoms with van der Waals surface area (Å²) in [6, 6.07) is 10.5. The van der Waals surface area contributed by atoms with Crippen LogP contribution in [0.3, 0.4) is 0 Å². The van der Waals surface area contributed by atoms with Crippen molar-refractivity contribution < 1.29 is 18.3 Å². The van der Waals surface area contributed by atoms with Crippen LogP contribution in [-0.2, 0) is 4.79 Å². The Balaban J connectivity index is 2.13. The zero-order valence-corrected chi connectivity index (χ0v) is 11.3. The number of amides is 1.